The van der Waals surface area contributed by atoms with Crippen molar-refractivity contribution >= 4 is 18.7 Å². The number of hydrogen-bond donors (Lipinski definition) is 1. The van der Waals surface area contributed by atoms with E-state index in [0.29, 0.717) is 6.61 Å². The minimum absolute atomic E-state index is 0.00437. The Labute approximate surface area is 146 Å². The van der Waals surface area contributed by atoms with Gasteiger partial charge in [0.15, 0.2) is 0 Å². The Morgan fingerprint density at radius 2 is 1.42 bits per heavy atom. The molecule has 1 saturated carbocycles. The van der Waals surface area contributed by atoms with Gasteiger partial charge in [0.05, 0.1) is 6.10 Å². The van der Waals surface area contributed by atoms with Crippen molar-refractivity contribution in [1.82, 2.24) is 0 Å². The molecule has 0 amide bonds. The summed E-state index contributed by atoms with van der Waals surface area (Å²) in [5.41, 5.74) is 0. The van der Waals surface area contributed by atoms with E-state index in [4.69, 9.17) is 4.43 Å². The topological polar surface area (TPSA) is 29.5 Å². The first-order chi connectivity index (χ1) is 11.4. The number of aliphatic hydroxyl groups excluding tert-OH is 1. The van der Waals surface area contributed by atoms with E-state index in [-0.39, 0.29) is 17.1 Å². The van der Waals surface area contributed by atoms with Crippen LogP contribution in [0.4, 0.5) is 0 Å². The van der Waals surface area contributed by atoms with Crippen molar-refractivity contribution in [2.45, 2.75) is 44.8 Å². The zero-order valence-corrected chi connectivity index (χ0v) is 15.9. The van der Waals surface area contributed by atoms with Gasteiger partial charge in [0.2, 0.25) is 0 Å². The van der Waals surface area contributed by atoms with E-state index in [1.54, 1.807) is 0 Å². The Morgan fingerprint density at radius 3 is 1.75 bits per heavy atom. The summed E-state index contributed by atoms with van der Waals surface area (Å²) in [7, 11) is -2.44. The van der Waals surface area contributed by atoms with Crippen LogP contribution in [0.1, 0.15) is 33.6 Å². The smallest absolute Gasteiger partial charge is 0.261 e. The number of benzene rings is 2. The Hall–Kier alpha value is -1.42. The van der Waals surface area contributed by atoms with Crippen LogP contribution in [-0.4, -0.2) is 26.1 Å². The van der Waals surface area contributed by atoms with E-state index in [1.807, 2.05) is 0 Å². The number of aliphatic hydroxyl groups is 1. The maximum Gasteiger partial charge on any atom is 0.261 e. The predicted molar refractivity (Wildman–Crippen MR) is 102 cm³/mol. The van der Waals surface area contributed by atoms with Gasteiger partial charge in [-0.2, -0.15) is 0 Å². The highest BCUT2D eigenvalue weighted by Gasteiger charge is 2.50. The van der Waals surface area contributed by atoms with Gasteiger partial charge in [-0.15, -0.1) is 0 Å². The fourth-order valence-corrected chi connectivity index (χ4v) is 8.36. The van der Waals surface area contributed by atoms with Gasteiger partial charge in [-0.1, -0.05) is 81.4 Å². The zero-order chi connectivity index (χ0) is 17.2. The maximum absolute atomic E-state index is 9.98. The summed E-state index contributed by atoms with van der Waals surface area (Å²) in [6, 6.07) is 21.4. The third kappa shape index (κ3) is 3.08. The molecule has 2 aromatic rings. The average Bonchev–Trinajstić information content (AvgIpc) is 2.58. The van der Waals surface area contributed by atoms with Gasteiger partial charge in [0.25, 0.3) is 8.32 Å². The van der Waals surface area contributed by atoms with Crippen LogP contribution in [0.2, 0.25) is 5.04 Å². The fourth-order valence-electron chi connectivity index (χ4n) is 3.74. The molecule has 128 valence electrons. The standard InChI is InChI=1S/C21H28O2Si/c1-21(2,3)24(18-10-6-4-7-11-18,19-12-8-5-9-13-19)23-16-17-14-15-20(17)22/h4-13,17,20,22H,14-16H2,1-3H3/t17-,20-/m1/s1. The second-order valence-corrected chi connectivity index (χ2v) is 12.2. The third-order valence-electron chi connectivity index (χ3n) is 5.31. The van der Waals surface area contributed by atoms with Crippen LogP contribution >= 0.6 is 0 Å². The minimum atomic E-state index is -2.44. The molecule has 2 atom stereocenters. The fraction of sp³-hybridized carbons (Fsp3) is 0.429. The zero-order valence-electron chi connectivity index (χ0n) is 14.9. The Kier molecular flexibility index (Phi) is 4.95. The van der Waals surface area contributed by atoms with E-state index in [0.717, 1.165) is 12.8 Å². The highest BCUT2D eigenvalue weighted by atomic mass is 28.4. The summed E-state index contributed by atoms with van der Waals surface area (Å²) < 4.78 is 6.82. The minimum Gasteiger partial charge on any atom is -0.407 e. The molecule has 1 aliphatic carbocycles. The second-order valence-electron chi connectivity index (χ2n) is 7.88. The maximum atomic E-state index is 9.98. The van der Waals surface area contributed by atoms with Gasteiger partial charge in [0, 0.05) is 12.5 Å². The normalized spacial score (nSPS) is 21.3. The molecule has 1 N–H and O–H groups in total. The monoisotopic (exact) mass is 340 g/mol. The van der Waals surface area contributed by atoms with E-state index < -0.39 is 8.32 Å². The molecule has 2 nitrogen and oxygen atoms in total. The van der Waals surface area contributed by atoms with Crippen LogP contribution in [0.15, 0.2) is 60.7 Å². The summed E-state index contributed by atoms with van der Waals surface area (Å²) in [5.74, 6) is 0.284. The molecule has 0 unspecified atom stereocenters. The molecule has 0 radical (unpaired) electrons. The summed E-state index contributed by atoms with van der Waals surface area (Å²) in [5, 5.41) is 12.6. The molecule has 1 aliphatic rings. The van der Waals surface area contributed by atoms with Crippen molar-refractivity contribution < 1.29 is 9.53 Å². The Bertz CT molecular complexity index is 609. The predicted octanol–water partition coefficient (Wildman–Crippen LogP) is 3.33. The van der Waals surface area contributed by atoms with Crippen molar-refractivity contribution in [2.75, 3.05) is 6.61 Å². The lowest BCUT2D eigenvalue weighted by atomic mass is 9.83. The van der Waals surface area contributed by atoms with Crippen molar-refractivity contribution in [2.24, 2.45) is 5.92 Å². The summed E-state index contributed by atoms with van der Waals surface area (Å²) in [6.45, 7) is 7.51. The van der Waals surface area contributed by atoms with Crippen LogP contribution in [0.5, 0.6) is 0 Å². The van der Waals surface area contributed by atoms with Gasteiger partial charge in [-0.05, 0) is 28.3 Å². The first-order valence-corrected chi connectivity index (χ1v) is 10.8. The third-order valence-corrected chi connectivity index (χ3v) is 10.3. The van der Waals surface area contributed by atoms with E-state index in [2.05, 4.69) is 81.4 Å². The molecule has 0 bridgehead atoms. The van der Waals surface area contributed by atoms with Crippen LogP contribution < -0.4 is 10.4 Å². The first kappa shape index (κ1) is 17.4. The molecular weight excluding hydrogens is 312 g/mol. The largest absolute Gasteiger partial charge is 0.407 e. The molecule has 0 saturated heterocycles. The first-order valence-electron chi connectivity index (χ1n) is 8.88. The van der Waals surface area contributed by atoms with E-state index in [9.17, 15) is 5.11 Å². The lowest BCUT2D eigenvalue weighted by Gasteiger charge is -2.45. The lowest BCUT2D eigenvalue weighted by Crippen LogP contribution is -2.67. The second kappa shape index (κ2) is 6.83. The molecule has 3 rings (SSSR count). The molecule has 2 aromatic carbocycles. The lowest BCUT2D eigenvalue weighted by molar-refractivity contribution is -0.00340. The molecule has 0 heterocycles. The van der Waals surface area contributed by atoms with Crippen molar-refractivity contribution in [3.05, 3.63) is 60.7 Å². The summed E-state index contributed by atoms with van der Waals surface area (Å²) in [6.07, 6.45) is 1.79. The molecule has 0 spiro atoms. The molecule has 0 aliphatic heterocycles. The van der Waals surface area contributed by atoms with Crippen molar-refractivity contribution in [3.8, 4) is 0 Å². The van der Waals surface area contributed by atoms with Gasteiger partial charge in [-0.25, -0.2) is 0 Å². The van der Waals surface area contributed by atoms with Gasteiger partial charge < -0.3 is 9.53 Å². The number of hydrogen-bond acceptors (Lipinski definition) is 2. The van der Waals surface area contributed by atoms with E-state index >= 15 is 0 Å². The highest BCUT2D eigenvalue weighted by molar-refractivity contribution is 6.99. The van der Waals surface area contributed by atoms with Crippen LogP contribution in [-0.2, 0) is 4.43 Å². The molecule has 0 aromatic heterocycles. The van der Waals surface area contributed by atoms with Gasteiger partial charge in [0.1, 0.15) is 0 Å². The Morgan fingerprint density at radius 1 is 0.917 bits per heavy atom. The Balaban J connectivity index is 2.06. The van der Waals surface area contributed by atoms with Gasteiger partial charge >= 0.3 is 0 Å². The number of rotatable bonds is 5. The van der Waals surface area contributed by atoms with Crippen LogP contribution in [0.3, 0.4) is 0 Å². The van der Waals surface area contributed by atoms with Gasteiger partial charge in [-0.3, -0.25) is 0 Å². The molecule has 1 fully saturated rings. The summed E-state index contributed by atoms with van der Waals surface area (Å²) in [4.78, 5) is 0. The van der Waals surface area contributed by atoms with Crippen LogP contribution in [0, 0.1) is 5.92 Å². The van der Waals surface area contributed by atoms with Crippen molar-refractivity contribution in [3.63, 3.8) is 0 Å². The summed E-state index contributed by atoms with van der Waals surface area (Å²) >= 11 is 0. The average molecular weight is 341 g/mol. The highest BCUT2D eigenvalue weighted by Crippen LogP contribution is 2.38. The van der Waals surface area contributed by atoms with E-state index in [1.165, 1.54) is 10.4 Å². The van der Waals surface area contributed by atoms with Crippen molar-refractivity contribution in [1.29, 1.82) is 0 Å². The SMILES string of the molecule is CC(C)(C)[Si](OC[C@H]1CC[C@H]1O)(c1ccccc1)c1ccccc1. The molecule has 3 heteroatoms. The molecular formula is C21H28O2Si. The quantitative estimate of drug-likeness (QED) is 0.846. The van der Waals surface area contributed by atoms with Crippen LogP contribution in [0.25, 0.3) is 0 Å². The molecule has 24 heavy (non-hydrogen) atoms.